The van der Waals surface area contributed by atoms with Gasteiger partial charge in [0.2, 0.25) is 0 Å². The normalized spacial score (nSPS) is 11.1. The van der Waals surface area contributed by atoms with E-state index in [1.54, 1.807) is 7.11 Å². The Labute approximate surface area is 97.3 Å². The predicted octanol–water partition coefficient (Wildman–Crippen LogP) is 3.90. The minimum Gasteiger partial charge on any atom is -0.461 e. The van der Waals surface area contributed by atoms with Crippen molar-refractivity contribution in [3.8, 4) is 0 Å². The molecular weight excluding hydrogens is 256 g/mol. The van der Waals surface area contributed by atoms with E-state index in [0.717, 1.165) is 33.2 Å². The molecule has 1 aromatic carbocycles. The molecule has 1 aromatic heterocycles. The molecule has 0 spiro atoms. The topological polar surface area (TPSA) is 22.4 Å². The van der Waals surface area contributed by atoms with Crippen molar-refractivity contribution in [3.63, 3.8) is 0 Å². The van der Waals surface area contributed by atoms with E-state index >= 15 is 0 Å². The van der Waals surface area contributed by atoms with E-state index in [1.165, 1.54) is 0 Å². The molecule has 2 nitrogen and oxygen atoms in total. The van der Waals surface area contributed by atoms with E-state index in [2.05, 4.69) is 28.9 Å². The van der Waals surface area contributed by atoms with Crippen LogP contribution in [0.4, 0.5) is 0 Å². The molecule has 2 aromatic rings. The van der Waals surface area contributed by atoms with Crippen LogP contribution < -0.4 is 0 Å². The third-order valence-corrected chi connectivity index (χ3v) is 2.94. The van der Waals surface area contributed by atoms with Gasteiger partial charge >= 0.3 is 0 Å². The summed E-state index contributed by atoms with van der Waals surface area (Å²) in [4.78, 5) is 0. The average molecular weight is 269 g/mol. The zero-order valence-electron chi connectivity index (χ0n) is 8.84. The number of aryl methyl sites for hydroxylation is 1. The Hall–Kier alpha value is -0.800. The monoisotopic (exact) mass is 268 g/mol. The van der Waals surface area contributed by atoms with Gasteiger partial charge in [0.15, 0.2) is 0 Å². The molecule has 80 valence electrons. The SMILES string of the molecule is CCc1oc2ccc(Br)cc2c1COC. The minimum atomic E-state index is 0.604. The molecular formula is C12H13BrO2. The fourth-order valence-corrected chi connectivity index (χ4v) is 2.12. The molecule has 0 atom stereocenters. The Morgan fingerprint density at radius 3 is 2.87 bits per heavy atom. The van der Waals surface area contributed by atoms with Gasteiger partial charge in [0, 0.05) is 29.0 Å². The van der Waals surface area contributed by atoms with Gasteiger partial charge in [0.1, 0.15) is 11.3 Å². The van der Waals surface area contributed by atoms with Gasteiger partial charge < -0.3 is 9.15 Å². The number of rotatable bonds is 3. The highest BCUT2D eigenvalue weighted by Crippen LogP contribution is 2.29. The van der Waals surface area contributed by atoms with Crippen molar-refractivity contribution < 1.29 is 9.15 Å². The third kappa shape index (κ3) is 1.94. The molecule has 0 bridgehead atoms. The molecule has 2 rings (SSSR count). The van der Waals surface area contributed by atoms with Gasteiger partial charge in [0.05, 0.1) is 6.61 Å². The Balaban J connectivity index is 2.65. The van der Waals surface area contributed by atoms with Gasteiger partial charge in [-0.3, -0.25) is 0 Å². The zero-order valence-corrected chi connectivity index (χ0v) is 10.4. The summed E-state index contributed by atoms with van der Waals surface area (Å²) < 4.78 is 12.0. The number of benzene rings is 1. The molecule has 15 heavy (non-hydrogen) atoms. The molecule has 0 fully saturated rings. The van der Waals surface area contributed by atoms with Crippen LogP contribution in [0.25, 0.3) is 11.0 Å². The third-order valence-electron chi connectivity index (χ3n) is 2.45. The maximum atomic E-state index is 5.76. The number of ether oxygens (including phenoxy) is 1. The first kappa shape index (κ1) is 10.7. The van der Waals surface area contributed by atoms with Gasteiger partial charge in [-0.25, -0.2) is 0 Å². The van der Waals surface area contributed by atoms with Crippen molar-refractivity contribution in [3.05, 3.63) is 34.0 Å². The number of halogens is 1. The number of hydrogen-bond donors (Lipinski definition) is 0. The van der Waals surface area contributed by atoms with E-state index < -0.39 is 0 Å². The lowest BCUT2D eigenvalue weighted by Gasteiger charge is -1.98. The van der Waals surface area contributed by atoms with Gasteiger partial charge in [-0.05, 0) is 18.2 Å². The molecule has 0 unspecified atom stereocenters. The highest BCUT2D eigenvalue weighted by Gasteiger charge is 2.12. The van der Waals surface area contributed by atoms with Crippen LogP contribution in [-0.2, 0) is 17.8 Å². The van der Waals surface area contributed by atoms with Gasteiger partial charge in [-0.1, -0.05) is 22.9 Å². The number of hydrogen-bond acceptors (Lipinski definition) is 2. The number of fused-ring (bicyclic) bond motifs is 1. The van der Waals surface area contributed by atoms with Crippen LogP contribution in [0.3, 0.4) is 0 Å². The van der Waals surface area contributed by atoms with Crippen LogP contribution in [0.2, 0.25) is 0 Å². The molecule has 0 saturated heterocycles. The van der Waals surface area contributed by atoms with E-state index in [4.69, 9.17) is 9.15 Å². The number of methoxy groups -OCH3 is 1. The maximum Gasteiger partial charge on any atom is 0.134 e. The Bertz CT molecular complexity index is 474. The lowest BCUT2D eigenvalue weighted by molar-refractivity contribution is 0.184. The van der Waals surface area contributed by atoms with E-state index in [-0.39, 0.29) is 0 Å². The highest BCUT2D eigenvalue weighted by atomic mass is 79.9. The van der Waals surface area contributed by atoms with Crippen molar-refractivity contribution >= 4 is 26.9 Å². The molecule has 3 heteroatoms. The Kier molecular flexibility index (Phi) is 3.12. The largest absolute Gasteiger partial charge is 0.461 e. The van der Waals surface area contributed by atoms with Crippen molar-refractivity contribution in [1.29, 1.82) is 0 Å². The number of furan rings is 1. The molecule has 0 aliphatic carbocycles. The average Bonchev–Trinajstić information content (AvgIpc) is 2.57. The summed E-state index contributed by atoms with van der Waals surface area (Å²) in [5, 5.41) is 1.14. The summed E-state index contributed by atoms with van der Waals surface area (Å²) in [6.45, 7) is 2.69. The minimum absolute atomic E-state index is 0.604. The summed E-state index contributed by atoms with van der Waals surface area (Å²) >= 11 is 3.47. The molecule has 0 aliphatic rings. The van der Waals surface area contributed by atoms with Crippen LogP contribution >= 0.6 is 15.9 Å². The quantitative estimate of drug-likeness (QED) is 0.843. The fourth-order valence-electron chi connectivity index (χ4n) is 1.76. The standard InChI is InChI=1S/C12H13BrO2/c1-3-11-10(7-14-2)9-6-8(13)4-5-12(9)15-11/h4-6H,3,7H2,1-2H3. The second-order valence-corrected chi connectivity index (χ2v) is 4.35. The molecule has 0 N–H and O–H groups in total. The lowest BCUT2D eigenvalue weighted by Crippen LogP contribution is -1.90. The summed E-state index contributed by atoms with van der Waals surface area (Å²) in [6, 6.07) is 6.05. The van der Waals surface area contributed by atoms with Crippen molar-refractivity contribution in [2.24, 2.45) is 0 Å². The second kappa shape index (κ2) is 4.37. The van der Waals surface area contributed by atoms with Crippen LogP contribution in [0.1, 0.15) is 18.2 Å². The molecule has 1 heterocycles. The first-order chi connectivity index (χ1) is 7.26. The Morgan fingerprint density at radius 2 is 2.20 bits per heavy atom. The van der Waals surface area contributed by atoms with Crippen molar-refractivity contribution in [1.82, 2.24) is 0 Å². The fraction of sp³-hybridized carbons (Fsp3) is 0.333. The molecule has 0 aliphatic heterocycles. The van der Waals surface area contributed by atoms with Crippen molar-refractivity contribution in [2.45, 2.75) is 20.0 Å². The van der Waals surface area contributed by atoms with Crippen LogP contribution in [0.15, 0.2) is 27.1 Å². The Morgan fingerprint density at radius 1 is 1.40 bits per heavy atom. The van der Waals surface area contributed by atoms with Gasteiger partial charge in [0.25, 0.3) is 0 Å². The van der Waals surface area contributed by atoms with Gasteiger partial charge in [-0.15, -0.1) is 0 Å². The summed E-state index contributed by atoms with van der Waals surface area (Å²) in [5.41, 5.74) is 2.10. The zero-order chi connectivity index (χ0) is 10.8. The van der Waals surface area contributed by atoms with E-state index in [0.29, 0.717) is 6.61 Å². The summed E-state index contributed by atoms with van der Waals surface area (Å²) in [5.74, 6) is 1.02. The van der Waals surface area contributed by atoms with Crippen LogP contribution in [0.5, 0.6) is 0 Å². The molecule has 0 saturated carbocycles. The van der Waals surface area contributed by atoms with Crippen LogP contribution in [0, 0.1) is 0 Å². The summed E-state index contributed by atoms with van der Waals surface area (Å²) in [6.07, 6.45) is 0.894. The lowest BCUT2D eigenvalue weighted by atomic mass is 10.1. The maximum absolute atomic E-state index is 5.76. The van der Waals surface area contributed by atoms with Gasteiger partial charge in [-0.2, -0.15) is 0 Å². The first-order valence-electron chi connectivity index (χ1n) is 4.95. The first-order valence-corrected chi connectivity index (χ1v) is 5.74. The summed E-state index contributed by atoms with van der Waals surface area (Å²) in [7, 11) is 1.70. The van der Waals surface area contributed by atoms with Crippen LogP contribution in [-0.4, -0.2) is 7.11 Å². The predicted molar refractivity (Wildman–Crippen MR) is 64.0 cm³/mol. The van der Waals surface area contributed by atoms with E-state index in [9.17, 15) is 0 Å². The second-order valence-electron chi connectivity index (χ2n) is 3.43. The molecule has 0 radical (unpaired) electrons. The smallest absolute Gasteiger partial charge is 0.134 e. The van der Waals surface area contributed by atoms with Crippen molar-refractivity contribution in [2.75, 3.05) is 7.11 Å². The van der Waals surface area contributed by atoms with E-state index in [1.807, 2.05) is 12.1 Å². The molecule has 0 amide bonds. The highest BCUT2D eigenvalue weighted by molar-refractivity contribution is 9.10.